The van der Waals surface area contributed by atoms with Gasteiger partial charge in [-0.25, -0.2) is 0 Å². The quantitative estimate of drug-likeness (QED) is 0.788. The van der Waals surface area contributed by atoms with Gasteiger partial charge in [-0.2, -0.15) is 11.8 Å². The van der Waals surface area contributed by atoms with Crippen molar-refractivity contribution in [3.8, 4) is 0 Å². The van der Waals surface area contributed by atoms with Crippen LogP contribution in [0.4, 0.5) is 5.69 Å². The fourth-order valence-electron chi connectivity index (χ4n) is 1.62. The number of anilines is 1. The Morgan fingerprint density at radius 2 is 1.88 bits per heavy atom. The molecule has 0 atom stereocenters. The molecule has 90 valence electrons. The second-order valence-electron chi connectivity index (χ2n) is 3.72. The second-order valence-corrected chi connectivity index (χ2v) is 5.34. The molecule has 0 aliphatic carbocycles. The molecule has 0 unspecified atom stereocenters. The van der Waals surface area contributed by atoms with Crippen LogP contribution in [0, 0.1) is 0 Å². The normalized spacial score (nSPS) is 15.4. The average Bonchev–Trinajstić information content (AvgIpc) is 2.40. The van der Waals surface area contributed by atoms with Crippen LogP contribution < -0.4 is 5.32 Å². The summed E-state index contributed by atoms with van der Waals surface area (Å²) in [6.45, 7) is 1.73. The number of nitrogens with zero attached hydrogens (tertiary/aromatic N) is 1. The molecule has 5 heteroatoms. The van der Waals surface area contributed by atoms with E-state index in [1.807, 2.05) is 47.0 Å². The number of thiocarbonyl (C=S) groups is 1. The number of nitrogens with one attached hydrogen (secondary N) is 1. The Morgan fingerprint density at radius 3 is 2.53 bits per heavy atom. The lowest BCUT2D eigenvalue weighted by Crippen LogP contribution is -2.42. The molecule has 1 aromatic rings. The highest BCUT2D eigenvalue weighted by Crippen LogP contribution is 2.11. The van der Waals surface area contributed by atoms with Gasteiger partial charge in [-0.05, 0) is 12.1 Å². The highest BCUT2D eigenvalue weighted by Gasteiger charge is 2.19. The van der Waals surface area contributed by atoms with Gasteiger partial charge in [0, 0.05) is 30.3 Å². The number of hydrogen-bond acceptors (Lipinski definition) is 3. The lowest BCUT2D eigenvalue weighted by Gasteiger charge is -2.27. The molecular formula is C12H14N2OS2. The first-order chi connectivity index (χ1) is 8.27. The van der Waals surface area contributed by atoms with Gasteiger partial charge in [-0.15, -0.1) is 0 Å². The van der Waals surface area contributed by atoms with Crippen molar-refractivity contribution in [1.82, 2.24) is 4.90 Å². The number of amides is 1. The van der Waals surface area contributed by atoms with Crippen LogP contribution in [-0.4, -0.2) is 40.4 Å². The molecular weight excluding hydrogens is 252 g/mol. The van der Waals surface area contributed by atoms with E-state index in [-0.39, 0.29) is 5.91 Å². The Hall–Kier alpha value is -1.07. The lowest BCUT2D eigenvalue weighted by molar-refractivity contribution is -0.110. The number of hydrogen-bond donors (Lipinski definition) is 1. The van der Waals surface area contributed by atoms with Gasteiger partial charge in [0.15, 0.2) is 4.99 Å². The van der Waals surface area contributed by atoms with Crippen molar-refractivity contribution in [1.29, 1.82) is 0 Å². The summed E-state index contributed by atoms with van der Waals surface area (Å²) < 4.78 is 0. The Labute approximate surface area is 111 Å². The van der Waals surface area contributed by atoms with E-state index in [1.165, 1.54) is 0 Å². The molecule has 1 aromatic carbocycles. The zero-order valence-electron chi connectivity index (χ0n) is 9.39. The minimum Gasteiger partial charge on any atom is -0.357 e. The van der Waals surface area contributed by atoms with Crippen LogP contribution in [-0.2, 0) is 4.79 Å². The van der Waals surface area contributed by atoms with Crippen LogP contribution in [0.3, 0.4) is 0 Å². The predicted octanol–water partition coefficient (Wildman–Crippen LogP) is 2.00. The largest absolute Gasteiger partial charge is 0.357 e. The molecule has 3 nitrogen and oxygen atoms in total. The average molecular weight is 266 g/mol. The van der Waals surface area contributed by atoms with Crippen molar-refractivity contribution in [2.24, 2.45) is 0 Å². The van der Waals surface area contributed by atoms with Gasteiger partial charge in [0.25, 0.3) is 5.91 Å². The maximum atomic E-state index is 11.9. The predicted molar refractivity (Wildman–Crippen MR) is 76.6 cm³/mol. The van der Waals surface area contributed by atoms with Gasteiger partial charge >= 0.3 is 0 Å². The van der Waals surface area contributed by atoms with E-state index in [0.717, 1.165) is 30.3 Å². The van der Waals surface area contributed by atoms with E-state index in [4.69, 9.17) is 12.2 Å². The zero-order valence-corrected chi connectivity index (χ0v) is 11.0. The molecule has 1 amide bonds. The minimum atomic E-state index is -0.182. The number of thioether (sulfide) groups is 1. The monoisotopic (exact) mass is 266 g/mol. The van der Waals surface area contributed by atoms with E-state index in [0.29, 0.717) is 4.99 Å². The Bertz CT molecular complexity index is 402. The van der Waals surface area contributed by atoms with Crippen molar-refractivity contribution in [2.45, 2.75) is 0 Å². The second kappa shape index (κ2) is 6.02. The molecule has 0 bridgehead atoms. The standard InChI is InChI=1S/C12H14N2OS2/c15-11(13-10-4-2-1-3-5-10)12(16)14-6-8-17-9-7-14/h1-5H,6-9H2,(H,13,15). The highest BCUT2D eigenvalue weighted by molar-refractivity contribution is 7.99. The van der Waals surface area contributed by atoms with Crippen molar-refractivity contribution in [3.05, 3.63) is 30.3 Å². The fraction of sp³-hybridized carbons (Fsp3) is 0.333. The summed E-state index contributed by atoms with van der Waals surface area (Å²) in [5.41, 5.74) is 0.784. The third-order valence-corrected chi connectivity index (χ3v) is 3.91. The van der Waals surface area contributed by atoms with Crippen molar-refractivity contribution in [2.75, 3.05) is 29.9 Å². The van der Waals surface area contributed by atoms with Gasteiger partial charge < -0.3 is 10.2 Å². The minimum absolute atomic E-state index is 0.182. The van der Waals surface area contributed by atoms with Crippen LogP contribution >= 0.6 is 24.0 Å². The van der Waals surface area contributed by atoms with Crippen LogP contribution in [0.25, 0.3) is 0 Å². The summed E-state index contributed by atoms with van der Waals surface area (Å²) in [6.07, 6.45) is 0. The molecule has 1 saturated heterocycles. The number of carbonyl (C=O) groups excluding carboxylic acids is 1. The first kappa shape index (κ1) is 12.4. The number of carbonyl (C=O) groups is 1. The number of rotatable bonds is 1. The fourth-order valence-corrected chi connectivity index (χ4v) is 2.75. The molecule has 1 N–H and O–H groups in total. The third kappa shape index (κ3) is 3.44. The molecule has 0 radical (unpaired) electrons. The van der Waals surface area contributed by atoms with Crippen molar-refractivity contribution < 1.29 is 4.79 Å². The smallest absolute Gasteiger partial charge is 0.283 e. The van der Waals surface area contributed by atoms with Crippen molar-refractivity contribution >= 4 is 40.6 Å². The SMILES string of the molecule is O=C(Nc1ccccc1)C(=S)N1CCSCC1. The first-order valence-corrected chi connectivity index (χ1v) is 7.07. The summed E-state index contributed by atoms with van der Waals surface area (Å²) in [7, 11) is 0. The van der Waals surface area contributed by atoms with Gasteiger partial charge in [0.2, 0.25) is 0 Å². The molecule has 0 aromatic heterocycles. The van der Waals surface area contributed by atoms with E-state index in [9.17, 15) is 4.79 Å². The van der Waals surface area contributed by atoms with Gasteiger partial charge in [0.1, 0.15) is 0 Å². The van der Waals surface area contributed by atoms with Crippen molar-refractivity contribution in [3.63, 3.8) is 0 Å². The van der Waals surface area contributed by atoms with Crippen LogP contribution in [0.1, 0.15) is 0 Å². The molecule has 2 rings (SSSR count). The molecule has 1 heterocycles. The van der Waals surface area contributed by atoms with E-state index in [2.05, 4.69) is 5.32 Å². The van der Waals surface area contributed by atoms with Crippen LogP contribution in [0.15, 0.2) is 30.3 Å². The Balaban J connectivity index is 1.93. The summed E-state index contributed by atoms with van der Waals surface area (Å²) in [5, 5.41) is 2.81. The Kier molecular flexibility index (Phi) is 4.39. The number of benzene rings is 1. The lowest BCUT2D eigenvalue weighted by atomic mass is 10.3. The maximum absolute atomic E-state index is 11.9. The third-order valence-electron chi connectivity index (χ3n) is 2.52. The first-order valence-electron chi connectivity index (χ1n) is 5.50. The summed E-state index contributed by atoms with van der Waals surface area (Å²) in [6, 6.07) is 9.39. The van der Waals surface area contributed by atoms with Gasteiger partial charge in [-0.3, -0.25) is 4.79 Å². The molecule has 0 spiro atoms. The van der Waals surface area contributed by atoms with Gasteiger partial charge in [-0.1, -0.05) is 30.4 Å². The molecule has 17 heavy (non-hydrogen) atoms. The van der Waals surface area contributed by atoms with Crippen LogP contribution in [0.2, 0.25) is 0 Å². The van der Waals surface area contributed by atoms with Crippen LogP contribution in [0.5, 0.6) is 0 Å². The Morgan fingerprint density at radius 1 is 1.24 bits per heavy atom. The van der Waals surface area contributed by atoms with E-state index in [1.54, 1.807) is 0 Å². The molecule has 0 saturated carbocycles. The topological polar surface area (TPSA) is 32.3 Å². The summed E-state index contributed by atoms with van der Waals surface area (Å²) >= 11 is 7.10. The van der Waals surface area contributed by atoms with E-state index < -0.39 is 0 Å². The highest BCUT2D eigenvalue weighted by atomic mass is 32.2. The van der Waals surface area contributed by atoms with E-state index >= 15 is 0 Å². The summed E-state index contributed by atoms with van der Waals surface area (Å²) in [5.74, 6) is 1.90. The molecule has 1 fully saturated rings. The maximum Gasteiger partial charge on any atom is 0.283 e. The molecule has 1 aliphatic rings. The number of para-hydroxylation sites is 1. The van der Waals surface area contributed by atoms with Gasteiger partial charge in [0.05, 0.1) is 0 Å². The molecule has 1 aliphatic heterocycles. The zero-order chi connectivity index (χ0) is 12.1. The summed E-state index contributed by atoms with van der Waals surface area (Å²) in [4.78, 5) is 14.3.